The van der Waals surface area contributed by atoms with Crippen molar-refractivity contribution in [3.05, 3.63) is 29.8 Å². The van der Waals surface area contributed by atoms with Crippen LogP contribution in [0.25, 0.3) is 0 Å². The van der Waals surface area contributed by atoms with Gasteiger partial charge in [-0.3, -0.25) is 0 Å². The van der Waals surface area contributed by atoms with Crippen LogP contribution in [0.1, 0.15) is 18.9 Å². The Balaban J connectivity index is 1.82. The fraction of sp³-hybridized carbons (Fsp3) is 0.562. The van der Waals surface area contributed by atoms with Crippen molar-refractivity contribution >= 4 is 15.9 Å². The first-order valence-electron chi connectivity index (χ1n) is 7.83. The summed E-state index contributed by atoms with van der Waals surface area (Å²) in [6, 6.07) is 7.31. The van der Waals surface area contributed by atoms with Gasteiger partial charge in [0.1, 0.15) is 5.75 Å². The molecule has 128 valence electrons. The topological polar surface area (TPSA) is 75.7 Å². The third-order valence-corrected chi connectivity index (χ3v) is 5.85. The summed E-state index contributed by atoms with van der Waals surface area (Å²) in [5.41, 5.74) is 1.11. The highest BCUT2D eigenvalue weighted by Crippen LogP contribution is 2.17. The van der Waals surface area contributed by atoms with Gasteiger partial charge in [-0.25, -0.2) is 13.2 Å². The van der Waals surface area contributed by atoms with Gasteiger partial charge >= 0.3 is 6.03 Å². The van der Waals surface area contributed by atoms with E-state index in [0.29, 0.717) is 19.5 Å². The number of sulfone groups is 1. The highest BCUT2D eigenvalue weighted by atomic mass is 32.2. The molecule has 1 atom stereocenters. The van der Waals surface area contributed by atoms with Crippen LogP contribution in [0, 0.1) is 0 Å². The van der Waals surface area contributed by atoms with Crippen molar-refractivity contribution in [3.8, 4) is 5.75 Å². The molecule has 1 heterocycles. The van der Waals surface area contributed by atoms with Gasteiger partial charge in [-0.2, -0.15) is 0 Å². The lowest BCUT2D eigenvalue weighted by Crippen LogP contribution is -2.47. The molecular formula is C16H24N2O4S. The lowest BCUT2D eigenvalue weighted by molar-refractivity contribution is 0.184. The summed E-state index contributed by atoms with van der Waals surface area (Å²) in [6.45, 7) is 2.89. The number of carbonyl (C=O) groups is 1. The second-order valence-electron chi connectivity index (χ2n) is 5.67. The fourth-order valence-electron chi connectivity index (χ4n) is 2.80. The zero-order valence-electron chi connectivity index (χ0n) is 13.6. The van der Waals surface area contributed by atoms with E-state index in [0.717, 1.165) is 17.7 Å². The number of methoxy groups -OCH3 is 1. The van der Waals surface area contributed by atoms with Gasteiger partial charge in [-0.05, 0) is 37.5 Å². The highest BCUT2D eigenvalue weighted by molar-refractivity contribution is 7.91. The summed E-state index contributed by atoms with van der Waals surface area (Å²) in [5, 5.41) is 2.88. The number of ether oxygens (including phenoxy) is 1. The van der Waals surface area contributed by atoms with Crippen LogP contribution in [0.3, 0.4) is 0 Å². The Bertz CT molecular complexity index is 628. The molecular weight excluding hydrogens is 316 g/mol. The van der Waals surface area contributed by atoms with Crippen LogP contribution < -0.4 is 10.1 Å². The van der Waals surface area contributed by atoms with Gasteiger partial charge in [-0.15, -0.1) is 0 Å². The summed E-state index contributed by atoms with van der Waals surface area (Å²) in [5.74, 6) is 1.05. The maximum absolute atomic E-state index is 12.3. The summed E-state index contributed by atoms with van der Waals surface area (Å²) in [7, 11) is -1.36. The lowest BCUT2D eigenvalue weighted by Gasteiger charge is -2.27. The molecule has 1 aliphatic rings. The first-order valence-corrected chi connectivity index (χ1v) is 9.65. The number of rotatable bonds is 6. The van der Waals surface area contributed by atoms with E-state index < -0.39 is 9.84 Å². The van der Waals surface area contributed by atoms with E-state index >= 15 is 0 Å². The molecule has 0 bridgehead atoms. The molecule has 7 heteroatoms. The number of amides is 2. The number of urea groups is 1. The van der Waals surface area contributed by atoms with Gasteiger partial charge < -0.3 is 15.0 Å². The molecule has 0 spiro atoms. The summed E-state index contributed by atoms with van der Waals surface area (Å²) < 4.78 is 28.2. The SMILES string of the molecule is CCN(C(=O)NCCc1ccc(OC)cc1)C1CCS(=O)(=O)C1. The lowest BCUT2D eigenvalue weighted by atomic mass is 10.1. The first-order chi connectivity index (χ1) is 10.9. The molecule has 1 aromatic rings. The van der Waals surface area contributed by atoms with E-state index in [1.807, 2.05) is 31.2 Å². The third-order valence-electron chi connectivity index (χ3n) is 4.10. The summed E-state index contributed by atoms with van der Waals surface area (Å²) in [6.07, 6.45) is 1.25. The minimum atomic E-state index is -2.99. The summed E-state index contributed by atoms with van der Waals surface area (Å²) in [4.78, 5) is 13.9. The Morgan fingerprint density at radius 2 is 2.04 bits per heavy atom. The zero-order valence-corrected chi connectivity index (χ0v) is 14.4. The van der Waals surface area contributed by atoms with Crippen molar-refractivity contribution in [3.63, 3.8) is 0 Å². The molecule has 1 saturated heterocycles. The number of nitrogens with zero attached hydrogens (tertiary/aromatic N) is 1. The van der Waals surface area contributed by atoms with Crippen molar-refractivity contribution in [1.29, 1.82) is 0 Å². The highest BCUT2D eigenvalue weighted by Gasteiger charge is 2.33. The molecule has 0 aromatic heterocycles. The van der Waals surface area contributed by atoms with Crippen molar-refractivity contribution in [2.24, 2.45) is 0 Å². The average Bonchev–Trinajstić information content (AvgIpc) is 2.88. The Morgan fingerprint density at radius 1 is 1.35 bits per heavy atom. The number of hydrogen-bond donors (Lipinski definition) is 1. The standard InChI is InChI=1S/C16H24N2O4S/c1-3-18(14-9-11-23(20,21)12-14)16(19)17-10-8-13-4-6-15(22-2)7-5-13/h4-7,14H,3,8-12H2,1-2H3,(H,17,19). The number of carbonyl (C=O) groups excluding carboxylic acids is 1. The summed E-state index contributed by atoms with van der Waals surface area (Å²) >= 11 is 0. The number of hydrogen-bond acceptors (Lipinski definition) is 4. The third kappa shape index (κ3) is 4.86. The van der Waals surface area contributed by atoms with Crippen LogP contribution in [-0.4, -0.2) is 57.1 Å². The molecule has 2 rings (SSSR count). The van der Waals surface area contributed by atoms with Gasteiger partial charge in [0.05, 0.1) is 18.6 Å². The first kappa shape index (κ1) is 17.6. The molecule has 0 aliphatic carbocycles. The maximum atomic E-state index is 12.3. The normalized spacial score (nSPS) is 19.3. The largest absolute Gasteiger partial charge is 0.497 e. The molecule has 0 radical (unpaired) electrons. The predicted molar refractivity (Wildman–Crippen MR) is 89.5 cm³/mol. The van der Waals surface area contributed by atoms with Crippen LogP contribution in [0.15, 0.2) is 24.3 Å². The monoisotopic (exact) mass is 340 g/mol. The van der Waals surface area contributed by atoms with Crippen LogP contribution in [0.4, 0.5) is 4.79 Å². The van der Waals surface area contributed by atoms with Crippen LogP contribution in [-0.2, 0) is 16.3 Å². The van der Waals surface area contributed by atoms with Gasteiger partial charge in [0.2, 0.25) is 0 Å². The number of nitrogens with one attached hydrogen (secondary N) is 1. The fourth-order valence-corrected chi connectivity index (χ4v) is 4.53. The Labute approximate surface area is 137 Å². The molecule has 1 aliphatic heterocycles. The van der Waals surface area contributed by atoms with Crippen LogP contribution >= 0.6 is 0 Å². The molecule has 1 unspecified atom stereocenters. The minimum Gasteiger partial charge on any atom is -0.497 e. The second kappa shape index (κ2) is 7.68. The maximum Gasteiger partial charge on any atom is 0.317 e. The van der Waals surface area contributed by atoms with Crippen LogP contribution in [0.2, 0.25) is 0 Å². The Hall–Kier alpha value is -1.76. The van der Waals surface area contributed by atoms with Crippen molar-refractivity contribution in [1.82, 2.24) is 10.2 Å². The average molecular weight is 340 g/mol. The van der Waals surface area contributed by atoms with E-state index in [1.165, 1.54) is 0 Å². The molecule has 6 nitrogen and oxygen atoms in total. The number of benzene rings is 1. The van der Waals surface area contributed by atoms with E-state index in [4.69, 9.17) is 4.74 Å². The molecule has 1 fully saturated rings. The van der Waals surface area contributed by atoms with E-state index in [2.05, 4.69) is 5.32 Å². The van der Waals surface area contributed by atoms with E-state index in [9.17, 15) is 13.2 Å². The zero-order chi connectivity index (χ0) is 16.9. The molecule has 23 heavy (non-hydrogen) atoms. The molecule has 2 amide bonds. The minimum absolute atomic E-state index is 0.0761. The molecule has 1 aromatic carbocycles. The van der Waals surface area contributed by atoms with Gasteiger partial charge in [0.15, 0.2) is 9.84 Å². The molecule has 0 saturated carbocycles. The van der Waals surface area contributed by atoms with Gasteiger partial charge in [-0.1, -0.05) is 12.1 Å². The Kier molecular flexibility index (Phi) is 5.87. The smallest absolute Gasteiger partial charge is 0.317 e. The second-order valence-corrected chi connectivity index (χ2v) is 7.90. The van der Waals surface area contributed by atoms with Crippen molar-refractivity contribution in [2.45, 2.75) is 25.8 Å². The predicted octanol–water partition coefficient (Wildman–Crippen LogP) is 1.46. The molecule has 1 N–H and O–H groups in total. The van der Waals surface area contributed by atoms with Crippen LogP contribution in [0.5, 0.6) is 5.75 Å². The van der Waals surface area contributed by atoms with E-state index in [-0.39, 0.29) is 23.6 Å². The van der Waals surface area contributed by atoms with Crippen molar-refractivity contribution < 1.29 is 17.9 Å². The Morgan fingerprint density at radius 3 is 2.57 bits per heavy atom. The quantitative estimate of drug-likeness (QED) is 0.850. The van der Waals surface area contributed by atoms with Crippen molar-refractivity contribution in [2.75, 3.05) is 31.7 Å². The van der Waals surface area contributed by atoms with E-state index in [1.54, 1.807) is 12.0 Å². The van der Waals surface area contributed by atoms with Gasteiger partial charge in [0.25, 0.3) is 0 Å². The van der Waals surface area contributed by atoms with Gasteiger partial charge in [0, 0.05) is 19.1 Å².